The number of carbonyl (C=O) groups excluding carboxylic acids is 2. The van der Waals surface area contributed by atoms with Crippen molar-refractivity contribution in [1.29, 1.82) is 0 Å². The summed E-state index contributed by atoms with van der Waals surface area (Å²) in [6.45, 7) is 5.06. The van der Waals surface area contributed by atoms with Crippen LogP contribution in [-0.4, -0.2) is 29.0 Å². The number of esters is 1. The standard InChI is InChI=1S/C24H23N3O5/c1-15-13-16(2)26-24(25-15)32-20-9-7-19(8-10-20)27-23(29)12-6-18-5-11-21(31-17(3)28)22(14-18)30-4/h5-14H,1-4H3,(H,27,29)/b12-6+. The molecule has 0 atom stereocenters. The number of hydrogen-bond donors (Lipinski definition) is 1. The van der Waals surface area contributed by atoms with Crippen LogP contribution in [0.3, 0.4) is 0 Å². The number of anilines is 1. The molecule has 1 amide bonds. The van der Waals surface area contributed by atoms with Crippen molar-refractivity contribution in [3.05, 3.63) is 71.6 Å². The zero-order chi connectivity index (χ0) is 23.1. The molecule has 1 heterocycles. The topological polar surface area (TPSA) is 99.6 Å². The Kier molecular flexibility index (Phi) is 7.17. The predicted octanol–water partition coefficient (Wildman–Crippen LogP) is 4.47. The highest BCUT2D eigenvalue weighted by Crippen LogP contribution is 2.28. The Hall–Kier alpha value is -4.20. The largest absolute Gasteiger partial charge is 0.493 e. The average Bonchev–Trinajstić information content (AvgIpc) is 2.73. The van der Waals surface area contributed by atoms with E-state index in [4.69, 9.17) is 14.2 Å². The van der Waals surface area contributed by atoms with Gasteiger partial charge in [-0.15, -0.1) is 0 Å². The summed E-state index contributed by atoms with van der Waals surface area (Å²) >= 11 is 0. The zero-order valence-electron chi connectivity index (χ0n) is 18.2. The van der Waals surface area contributed by atoms with Crippen LogP contribution in [0.4, 0.5) is 5.69 Å². The molecule has 0 aliphatic rings. The molecule has 1 N–H and O–H groups in total. The second kappa shape index (κ2) is 10.2. The number of amides is 1. The van der Waals surface area contributed by atoms with Crippen molar-refractivity contribution in [2.75, 3.05) is 12.4 Å². The van der Waals surface area contributed by atoms with Crippen molar-refractivity contribution in [1.82, 2.24) is 9.97 Å². The van der Waals surface area contributed by atoms with Gasteiger partial charge in [0, 0.05) is 30.1 Å². The highest BCUT2D eigenvalue weighted by molar-refractivity contribution is 6.02. The summed E-state index contributed by atoms with van der Waals surface area (Å²) in [5.41, 5.74) is 2.96. The number of aromatic nitrogens is 2. The maximum absolute atomic E-state index is 12.3. The van der Waals surface area contributed by atoms with Crippen molar-refractivity contribution in [2.24, 2.45) is 0 Å². The van der Waals surface area contributed by atoms with Crippen molar-refractivity contribution < 1.29 is 23.8 Å². The molecule has 0 saturated heterocycles. The quantitative estimate of drug-likeness (QED) is 0.333. The van der Waals surface area contributed by atoms with Gasteiger partial charge in [-0.2, -0.15) is 0 Å². The van der Waals surface area contributed by atoms with Crippen LogP contribution in [0.2, 0.25) is 0 Å². The molecule has 8 nitrogen and oxygen atoms in total. The normalized spacial score (nSPS) is 10.6. The third kappa shape index (κ3) is 6.40. The second-order valence-corrected chi connectivity index (χ2v) is 6.89. The first-order chi connectivity index (χ1) is 15.3. The number of nitrogens with one attached hydrogen (secondary N) is 1. The number of methoxy groups -OCH3 is 1. The summed E-state index contributed by atoms with van der Waals surface area (Å²) in [6.07, 6.45) is 3.03. The molecule has 0 radical (unpaired) electrons. The van der Waals surface area contributed by atoms with E-state index < -0.39 is 5.97 Å². The monoisotopic (exact) mass is 433 g/mol. The Morgan fingerprint density at radius 2 is 1.62 bits per heavy atom. The van der Waals surface area contributed by atoms with Gasteiger partial charge in [0.15, 0.2) is 11.5 Å². The predicted molar refractivity (Wildman–Crippen MR) is 120 cm³/mol. The Balaban J connectivity index is 1.61. The molecule has 0 spiro atoms. The summed E-state index contributed by atoms with van der Waals surface area (Å²) in [5.74, 6) is 0.521. The minimum Gasteiger partial charge on any atom is -0.493 e. The maximum Gasteiger partial charge on any atom is 0.322 e. The van der Waals surface area contributed by atoms with Crippen LogP contribution in [0.1, 0.15) is 23.9 Å². The first-order valence-corrected chi connectivity index (χ1v) is 9.78. The van der Waals surface area contributed by atoms with Gasteiger partial charge in [0.05, 0.1) is 7.11 Å². The summed E-state index contributed by atoms with van der Waals surface area (Å²) in [5, 5.41) is 2.77. The van der Waals surface area contributed by atoms with Crippen LogP contribution in [0.5, 0.6) is 23.3 Å². The first kappa shape index (κ1) is 22.5. The summed E-state index contributed by atoms with van der Waals surface area (Å²) in [6, 6.07) is 14.0. The minimum atomic E-state index is -0.441. The van der Waals surface area contributed by atoms with Gasteiger partial charge in [-0.05, 0) is 68.0 Å². The third-order valence-electron chi connectivity index (χ3n) is 4.16. The number of nitrogens with zero attached hydrogens (tertiary/aromatic N) is 2. The molecular weight excluding hydrogens is 410 g/mol. The number of hydrogen-bond acceptors (Lipinski definition) is 7. The van der Waals surface area contributed by atoms with Gasteiger partial charge in [0.1, 0.15) is 5.75 Å². The zero-order valence-corrected chi connectivity index (χ0v) is 18.2. The van der Waals surface area contributed by atoms with E-state index in [9.17, 15) is 9.59 Å². The van der Waals surface area contributed by atoms with Gasteiger partial charge in [-0.25, -0.2) is 9.97 Å². The van der Waals surface area contributed by atoms with Crippen LogP contribution >= 0.6 is 0 Å². The summed E-state index contributed by atoms with van der Waals surface area (Å²) < 4.78 is 16.0. The van der Waals surface area contributed by atoms with Crippen LogP contribution < -0.4 is 19.5 Å². The Bertz CT molecular complexity index is 1140. The second-order valence-electron chi connectivity index (χ2n) is 6.89. The molecule has 0 fully saturated rings. The van der Waals surface area contributed by atoms with E-state index in [0.29, 0.717) is 28.5 Å². The summed E-state index contributed by atoms with van der Waals surface area (Å²) in [4.78, 5) is 31.9. The molecule has 0 saturated carbocycles. The SMILES string of the molecule is COc1cc(/C=C/C(=O)Nc2ccc(Oc3nc(C)cc(C)n3)cc2)ccc1OC(C)=O. The number of benzene rings is 2. The molecule has 164 valence electrons. The number of rotatable bonds is 7. The molecule has 1 aromatic heterocycles. The smallest absolute Gasteiger partial charge is 0.322 e. The van der Waals surface area contributed by atoms with Crippen LogP contribution in [-0.2, 0) is 9.59 Å². The number of carbonyl (C=O) groups is 2. The van der Waals surface area contributed by atoms with E-state index in [1.807, 2.05) is 19.9 Å². The van der Waals surface area contributed by atoms with Crippen LogP contribution in [0.15, 0.2) is 54.6 Å². The average molecular weight is 433 g/mol. The molecule has 32 heavy (non-hydrogen) atoms. The van der Waals surface area contributed by atoms with Gasteiger partial charge in [-0.3, -0.25) is 9.59 Å². The van der Waals surface area contributed by atoms with Gasteiger partial charge >= 0.3 is 12.0 Å². The molecule has 3 rings (SSSR count). The van der Waals surface area contributed by atoms with Crippen molar-refractivity contribution in [3.8, 4) is 23.3 Å². The molecule has 8 heteroatoms. The van der Waals surface area contributed by atoms with E-state index in [1.54, 1.807) is 48.5 Å². The van der Waals surface area contributed by atoms with Crippen molar-refractivity contribution in [2.45, 2.75) is 20.8 Å². The molecular formula is C24H23N3O5. The lowest BCUT2D eigenvalue weighted by atomic mass is 10.2. The highest BCUT2D eigenvalue weighted by atomic mass is 16.6. The fourth-order valence-corrected chi connectivity index (χ4v) is 2.83. The summed E-state index contributed by atoms with van der Waals surface area (Å²) in [7, 11) is 1.47. The Labute approximate surface area is 185 Å². The highest BCUT2D eigenvalue weighted by Gasteiger charge is 2.08. The molecule has 0 aliphatic carbocycles. The van der Waals surface area contributed by atoms with E-state index in [2.05, 4.69) is 15.3 Å². The molecule has 2 aromatic carbocycles. The lowest BCUT2D eigenvalue weighted by molar-refractivity contribution is -0.132. The van der Waals surface area contributed by atoms with Gasteiger partial charge in [0.25, 0.3) is 0 Å². The lowest BCUT2D eigenvalue weighted by Gasteiger charge is -2.08. The van der Waals surface area contributed by atoms with E-state index in [1.165, 1.54) is 20.1 Å². The van der Waals surface area contributed by atoms with Crippen LogP contribution in [0, 0.1) is 13.8 Å². The van der Waals surface area contributed by atoms with Crippen molar-refractivity contribution in [3.63, 3.8) is 0 Å². The van der Waals surface area contributed by atoms with Gasteiger partial charge in [0.2, 0.25) is 5.91 Å². The Morgan fingerprint density at radius 1 is 0.938 bits per heavy atom. The van der Waals surface area contributed by atoms with Crippen molar-refractivity contribution >= 4 is 23.6 Å². The first-order valence-electron chi connectivity index (χ1n) is 9.78. The minimum absolute atomic E-state index is 0.275. The lowest BCUT2D eigenvalue weighted by Crippen LogP contribution is -2.07. The molecule has 0 unspecified atom stereocenters. The third-order valence-corrected chi connectivity index (χ3v) is 4.16. The van der Waals surface area contributed by atoms with Gasteiger partial charge in [-0.1, -0.05) is 6.07 Å². The van der Waals surface area contributed by atoms with E-state index >= 15 is 0 Å². The Morgan fingerprint density at radius 3 is 2.25 bits per heavy atom. The maximum atomic E-state index is 12.3. The molecule has 3 aromatic rings. The van der Waals surface area contributed by atoms with Crippen LogP contribution in [0.25, 0.3) is 6.08 Å². The molecule has 0 aliphatic heterocycles. The number of aryl methyl sites for hydroxylation is 2. The molecule has 0 bridgehead atoms. The number of ether oxygens (including phenoxy) is 3. The fourth-order valence-electron chi connectivity index (χ4n) is 2.83. The van der Waals surface area contributed by atoms with E-state index in [-0.39, 0.29) is 11.9 Å². The van der Waals surface area contributed by atoms with E-state index in [0.717, 1.165) is 11.4 Å². The van der Waals surface area contributed by atoms with Gasteiger partial charge < -0.3 is 19.5 Å². The fraction of sp³-hybridized carbons (Fsp3) is 0.167.